The summed E-state index contributed by atoms with van der Waals surface area (Å²) >= 11 is 13.5. The minimum absolute atomic E-state index is 0.141. The molecule has 0 saturated carbocycles. The van der Waals surface area contributed by atoms with Crippen LogP contribution >= 0.6 is 35.0 Å². The lowest BCUT2D eigenvalue weighted by atomic mass is 10.4. The minimum Gasteiger partial charge on any atom is -0.342 e. The fraction of sp³-hybridized carbons (Fsp3) is 0.462. The van der Waals surface area contributed by atoms with Crippen LogP contribution < -0.4 is 0 Å². The lowest BCUT2D eigenvalue weighted by Crippen LogP contribution is -2.34. The Hall–Kier alpha value is -0.980. The largest absolute Gasteiger partial charge is 0.342 e. The number of pyridine rings is 1. The first kappa shape index (κ1) is 14.9. The van der Waals surface area contributed by atoms with E-state index in [0.717, 1.165) is 25.9 Å². The third kappa shape index (κ3) is 2.98. The van der Waals surface area contributed by atoms with Gasteiger partial charge in [0.15, 0.2) is 10.8 Å². The molecule has 0 bridgehead atoms. The van der Waals surface area contributed by atoms with Gasteiger partial charge >= 0.3 is 0 Å². The first-order valence-electron chi connectivity index (χ1n) is 6.71. The van der Waals surface area contributed by atoms with Crippen LogP contribution in [0.25, 0.3) is 5.65 Å². The second-order valence-electron chi connectivity index (χ2n) is 4.97. The normalized spacial score (nSPS) is 16.6. The number of aromatic nitrogens is 3. The number of halogens is 2. The van der Waals surface area contributed by atoms with Crippen LogP contribution in [0.4, 0.5) is 0 Å². The molecule has 1 saturated heterocycles. The monoisotopic (exact) mass is 344 g/mol. The molecule has 0 aromatic carbocycles. The van der Waals surface area contributed by atoms with Gasteiger partial charge in [-0.25, -0.2) is 0 Å². The summed E-state index contributed by atoms with van der Waals surface area (Å²) < 4.78 is 1.73. The average molecular weight is 345 g/mol. The van der Waals surface area contributed by atoms with E-state index in [4.69, 9.17) is 23.2 Å². The van der Waals surface area contributed by atoms with E-state index in [9.17, 15) is 4.79 Å². The van der Waals surface area contributed by atoms with E-state index in [1.165, 1.54) is 11.8 Å². The Balaban J connectivity index is 1.82. The van der Waals surface area contributed by atoms with Crippen LogP contribution in [0.15, 0.2) is 17.4 Å². The molecule has 1 atom stereocenters. The Morgan fingerprint density at radius 2 is 2.05 bits per heavy atom. The van der Waals surface area contributed by atoms with Gasteiger partial charge in [-0.1, -0.05) is 35.0 Å². The van der Waals surface area contributed by atoms with Crippen LogP contribution in [0.1, 0.15) is 19.8 Å². The summed E-state index contributed by atoms with van der Waals surface area (Å²) in [6, 6.07) is 1.63. The zero-order valence-electron chi connectivity index (χ0n) is 11.4. The third-order valence-electron chi connectivity index (χ3n) is 3.44. The fourth-order valence-electron chi connectivity index (χ4n) is 2.39. The zero-order chi connectivity index (χ0) is 15.0. The maximum absolute atomic E-state index is 12.3. The molecule has 1 amide bonds. The van der Waals surface area contributed by atoms with Gasteiger partial charge in [-0.3, -0.25) is 9.20 Å². The number of amides is 1. The molecule has 1 unspecified atom stereocenters. The number of hydrogen-bond donors (Lipinski definition) is 0. The van der Waals surface area contributed by atoms with Gasteiger partial charge in [-0.2, -0.15) is 0 Å². The van der Waals surface area contributed by atoms with Gasteiger partial charge in [0.05, 0.1) is 15.3 Å². The Morgan fingerprint density at radius 3 is 2.76 bits per heavy atom. The Labute approximate surface area is 136 Å². The Kier molecular flexibility index (Phi) is 4.28. The lowest BCUT2D eigenvalue weighted by molar-refractivity contribution is -0.129. The highest BCUT2D eigenvalue weighted by Gasteiger charge is 2.25. The summed E-state index contributed by atoms with van der Waals surface area (Å²) in [6.45, 7) is 3.59. The van der Waals surface area contributed by atoms with E-state index < -0.39 is 0 Å². The number of fused-ring (bicyclic) bond motifs is 1. The Morgan fingerprint density at radius 1 is 1.33 bits per heavy atom. The molecule has 3 heterocycles. The van der Waals surface area contributed by atoms with Crippen molar-refractivity contribution in [1.29, 1.82) is 0 Å². The summed E-state index contributed by atoms with van der Waals surface area (Å²) in [4.78, 5) is 14.2. The van der Waals surface area contributed by atoms with Crippen molar-refractivity contribution in [2.45, 2.75) is 30.2 Å². The number of carbonyl (C=O) groups is 1. The van der Waals surface area contributed by atoms with E-state index in [2.05, 4.69) is 10.2 Å². The van der Waals surface area contributed by atoms with Crippen LogP contribution in [-0.4, -0.2) is 43.7 Å². The molecular formula is C13H14Cl2N4OS. The molecule has 1 aliphatic rings. The molecule has 8 heteroatoms. The number of thioether (sulfide) groups is 1. The van der Waals surface area contributed by atoms with Gasteiger partial charge in [0.2, 0.25) is 5.91 Å². The topological polar surface area (TPSA) is 50.5 Å². The summed E-state index contributed by atoms with van der Waals surface area (Å²) in [6.07, 6.45) is 3.88. The molecule has 2 aromatic heterocycles. The first-order valence-corrected chi connectivity index (χ1v) is 8.35. The van der Waals surface area contributed by atoms with Crippen molar-refractivity contribution in [1.82, 2.24) is 19.5 Å². The molecule has 21 heavy (non-hydrogen) atoms. The van der Waals surface area contributed by atoms with Crippen molar-refractivity contribution in [3.8, 4) is 0 Å². The van der Waals surface area contributed by atoms with E-state index in [0.29, 0.717) is 20.8 Å². The van der Waals surface area contributed by atoms with Crippen molar-refractivity contribution in [3.63, 3.8) is 0 Å². The van der Waals surface area contributed by atoms with Crippen LogP contribution in [0.5, 0.6) is 0 Å². The summed E-state index contributed by atoms with van der Waals surface area (Å²) in [5.41, 5.74) is 0.546. The highest BCUT2D eigenvalue weighted by atomic mass is 35.5. The van der Waals surface area contributed by atoms with Crippen LogP contribution in [0.3, 0.4) is 0 Å². The SMILES string of the molecule is CC(Sc1nnc2c(Cl)cc(Cl)cn12)C(=O)N1CCCC1. The minimum atomic E-state index is -0.215. The molecule has 1 fully saturated rings. The number of carbonyl (C=O) groups excluding carboxylic acids is 1. The van der Waals surface area contributed by atoms with Crippen LogP contribution in [0.2, 0.25) is 10.0 Å². The van der Waals surface area contributed by atoms with Crippen molar-refractivity contribution < 1.29 is 4.79 Å². The molecule has 0 spiro atoms. The molecule has 5 nitrogen and oxygen atoms in total. The Bertz CT molecular complexity index is 684. The predicted octanol–water partition coefficient (Wildman–Crippen LogP) is 3.14. The van der Waals surface area contributed by atoms with E-state index in [-0.39, 0.29) is 11.2 Å². The summed E-state index contributed by atoms with van der Waals surface area (Å²) in [7, 11) is 0. The van der Waals surface area contributed by atoms with E-state index >= 15 is 0 Å². The fourth-order valence-corrected chi connectivity index (χ4v) is 3.80. The number of rotatable bonds is 3. The van der Waals surface area contributed by atoms with Gasteiger partial charge in [0.25, 0.3) is 0 Å². The maximum atomic E-state index is 12.3. The number of hydrogen-bond acceptors (Lipinski definition) is 4. The predicted molar refractivity (Wildman–Crippen MR) is 84.1 cm³/mol. The van der Waals surface area contributed by atoms with Gasteiger partial charge in [0, 0.05) is 19.3 Å². The van der Waals surface area contributed by atoms with Gasteiger partial charge in [-0.15, -0.1) is 10.2 Å². The van der Waals surface area contributed by atoms with Gasteiger partial charge in [0.1, 0.15) is 0 Å². The molecule has 0 radical (unpaired) electrons. The first-order chi connectivity index (χ1) is 10.1. The summed E-state index contributed by atoms with van der Waals surface area (Å²) in [5.74, 6) is 0.141. The second-order valence-corrected chi connectivity index (χ2v) is 7.13. The molecular weight excluding hydrogens is 331 g/mol. The molecule has 112 valence electrons. The lowest BCUT2D eigenvalue weighted by Gasteiger charge is -2.19. The van der Waals surface area contributed by atoms with Crippen molar-refractivity contribution >= 4 is 46.5 Å². The van der Waals surface area contributed by atoms with E-state index in [1.54, 1.807) is 16.7 Å². The third-order valence-corrected chi connectivity index (χ3v) is 4.97. The molecule has 0 N–H and O–H groups in total. The quantitative estimate of drug-likeness (QED) is 0.802. The average Bonchev–Trinajstić information content (AvgIpc) is 3.08. The van der Waals surface area contributed by atoms with Gasteiger partial charge < -0.3 is 4.90 Å². The summed E-state index contributed by atoms with van der Waals surface area (Å²) in [5, 5.41) is 9.51. The smallest absolute Gasteiger partial charge is 0.235 e. The molecule has 0 aliphatic carbocycles. The van der Waals surface area contributed by atoms with Crippen molar-refractivity contribution in [2.75, 3.05) is 13.1 Å². The van der Waals surface area contributed by atoms with Gasteiger partial charge in [-0.05, 0) is 25.8 Å². The standard InChI is InChI=1S/C13H14Cl2N4OS/c1-8(12(20)18-4-2-3-5-18)21-13-17-16-11-10(15)6-9(14)7-19(11)13/h6-8H,2-5H2,1H3. The van der Waals surface area contributed by atoms with Crippen LogP contribution in [0, 0.1) is 0 Å². The van der Waals surface area contributed by atoms with Crippen molar-refractivity contribution in [2.24, 2.45) is 0 Å². The maximum Gasteiger partial charge on any atom is 0.235 e. The van der Waals surface area contributed by atoms with E-state index in [1.807, 2.05) is 11.8 Å². The molecule has 2 aromatic rings. The number of likely N-dealkylation sites (tertiary alicyclic amines) is 1. The highest BCUT2D eigenvalue weighted by Crippen LogP contribution is 2.28. The molecule has 1 aliphatic heterocycles. The van der Waals surface area contributed by atoms with Crippen molar-refractivity contribution in [3.05, 3.63) is 22.3 Å². The molecule has 3 rings (SSSR count). The number of nitrogens with zero attached hydrogens (tertiary/aromatic N) is 4. The van der Waals surface area contributed by atoms with Crippen LogP contribution in [-0.2, 0) is 4.79 Å². The highest BCUT2D eigenvalue weighted by molar-refractivity contribution is 8.00. The zero-order valence-corrected chi connectivity index (χ0v) is 13.8. The second kappa shape index (κ2) is 6.02.